The topological polar surface area (TPSA) is 41.0 Å². The highest BCUT2D eigenvalue weighted by Gasteiger charge is 1.99. The molecule has 0 saturated carbocycles. The van der Waals surface area contributed by atoms with Gasteiger partial charge >= 0.3 is 0 Å². The summed E-state index contributed by atoms with van der Waals surface area (Å²) in [5.41, 5.74) is 5.39. The highest BCUT2D eigenvalue weighted by atomic mass is 14.9. The molecule has 1 N–H and O–H groups in total. The number of imidazole rings is 1. The first kappa shape index (κ1) is 11.7. The van der Waals surface area contributed by atoms with Gasteiger partial charge in [0.05, 0.1) is 22.9 Å². The predicted molar refractivity (Wildman–Crippen MR) is 79.3 cm³/mol. The summed E-state index contributed by atoms with van der Waals surface area (Å²) in [6.07, 6.45) is 1.77. The van der Waals surface area contributed by atoms with Gasteiger partial charge in [0, 0.05) is 0 Å². The van der Waals surface area contributed by atoms with Crippen molar-refractivity contribution in [3.8, 4) is 0 Å². The van der Waals surface area contributed by atoms with E-state index in [0.717, 1.165) is 22.5 Å². The van der Waals surface area contributed by atoms with E-state index >= 15 is 0 Å². The maximum atomic E-state index is 4.47. The summed E-state index contributed by atoms with van der Waals surface area (Å²) in [6.45, 7) is 4.15. The zero-order valence-electron chi connectivity index (χ0n) is 11.0. The van der Waals surface area contributed by atoms with Gasteiger partial charge in [0.25, 0.3) is 0 Å². The first-order valence-electron chi connectivity index (χ1n) is 6.28. The number of aryl methyl sites for hydroxylation is 2. The summed E-state index contributed by atoms with van der Waals surface area (Å²) in [5, 5.41) is 0. The normalized spacial score (nSPS) is 11.5. The Balaban J connectivity index is 1.93. The molecule has 19 heavy (non-hydrogen) atoms. The maximum absolute atomic E-state index is 4.47. The number of para-hydroxylation sites is 2. The summed E-state index contributed by atoms with van der Waals surface area (Å²) in [4.78, 5) is 12.2. The van der Waals surface area contributed by atoms with Gasteiger partial charge in [-0.25, -0.2) is 4.98 Å². The van der Waals surface area contributed by atoms with Gasteiger partial charge in [-0.05, 0) is 49.2 Å². The summed E-state index contributed by atoms with van der Waals surface area (Å²) in [7, 11) is 0. The van der Waals surface area contributed by atoms with Crippen molar-refractivity contribution in [1.29, 1.82) is 0 Å². The monoisotopic (exact) mass is 249 g/mol. The average Bonchev–Trinajstić information content (AvgIpc) is 2.78. The van der Waals surface area contributed by atoms with Gasteiger partial charge in [-0.2, -0.15) is 0 Å². The number of rotatable bonds is 2. The van der Waals surface area contributed by atoms with Gasteiger partial charge in [-0.3, -0.25) is 4.99 Å². The highest BCUT2D eigenvalue weighted by Crippen LogP contribution is 2.17. The van der Waals surface area contributed by atoms with Gasteiger partial charge in [-0.15, -0.1) is 0 Å². The lowest BCUT2D eigenvalue weighted by Gasteiger charge is -1.98. The third-order valence-electron chi connectivity index (χ3n) is 2.95. The molecule has 0 radical (unpaired) electrons. The molecule has 2 aromatic carbocycles. The number of hydrogen-bond donors (Lipinski definition) is 1. The number of hydrogen-bond acceptors (Lipinski definition) is 2. The molecule has 0 unspecified atom stereocenters. The Kier molecular flexibility index (Phi) is 2.88. The molecule has 0 bridgehead atoms. The molecular weight excluding hydrogens is 234 g/mol. The van der Waals surface area contributed by atoms with Crippen LogP contribution in [0.25, 0.3) is 11.0 Å². The smallest absolute Gasteiger partial charge is 0.149 e. The molecular formula is C16H15N3. The summed E-state index contributed by atoms with van der Waals surface area (Å²) >= 11 is 0. The van der Waals surface area contributed by atoms with Crippen molar-refractivity contribution in [2.45, 2.75) is 13.8 Å². The third-order valence-corrected chi connectivity index (χ3v) is 2.95. The van der Waals surface area contributed by atoms with Crippen LogP contribution in [0.3, 0.4) is 0 Å². The molecule has 3 nitrogen and oxygen atoms in total. The van der Waals surface area contributed by atoms with Crippen molar-refractivity contribution in [3.63, 3.8) is 0 Å². The van der Waals surface area contributed by atoms with Crippen LogP contribution in [0.4, 0.5) is 5.69 Å². The SMILES string of the molecule is Cc1cc(C)cc(/N=C/c2nc3ccccc3[nH]2)c1. The molecule has 3 aromatic rings. The second-order valence-electron chi connectivity index (χ2n) is 4.74. The van der Waals surface area contributed by atoms with Crippen LogP contribution in [0.5, 0.6) is 0 Å². The molecule has 0 fully saturated rings. The van der Waals surface area contributed by atoms with E-state index in [4.69, 9.17) is 0 Å². The molecule has 0 aliphatic carbocycles. The molecule has 94 valence electrons. The van der Waals surface area contributed by atoms with Gasteiger partial charge in [0.15, 0.2) is 0 Å². The van der Waals surface area contributed by atoms with Crippen molar-refractivity contribution in [2.75, 3.05) is 0 Å². The minimum Gasteiger partial charge on any atom is -0.337 e. The lowest BCUT2D eigenvalue weighted by molar-refractivity contribution is 1.29. The quantitative estimate of drug-likeness (QED) is 0.687. The molecule has 3 rings (SSSR count). The number of nitrogens with one attached hydrogen (secondary N) is 1. The van der Waals surface area contributed by atoms with Crippen molar-refractivity contribution in [3.05, 3.63) is 59.4 Å². The number of H-pyrrole nitrogens is 1. The Labute approximate surface area is 112 Å². The molecule has 0 atom stereocenters. The Morgan fingerprint density at radius 1 is 1.05 bits per heavy atom. The van der Waals surface area contributed by atoms with Gasteiger partial charge < -0.3 is 4.98 Å². The van der Waals surface area contributed by atoms with Crippen molar-refractivity contribution in [1.82, 2.24) is 9.97 Å². The predicted octanol–water partition coefficient (Wildman–Crippen LogP) is 3.93. The minimum absolute atomic E-state index is 0.778. The number of fused-ring (bicyclic) bond motifs is 1. The van der Waals surface area contributed by atoms with Crippen LogP contribution in [-0.4, -0.2) is 16.2 Å². The maximum Gasteiger partial charge on any atom is 0.149 e. The van der Waals surface area contributed by atoms with E-state index in [9.17, 15) is 0 Å². The largest absolute Gasteiger partial charge is 0.337 e. The first-order chi connectivity index (χ1) is 9.20. The van der Waals surface area contributed by atoms with Gasteiger partial charge in [0.2, 0.25) is 0 Å². The Bertz CT molecular complexity index is 700. The first-order valence-corrected chi connectivity index (χ1v) is 6.28. The Morgan fingerprint density at radius 2 is 1.79 bits per heavy atom. The number of aliphatic imine (C=N–C) groups is 1. The van der Waals surface area contributed by atoms with E-state index in [1.807, 2.05) is 24.3 Å². The van der Waals surface area contributed by atoms with E-state index < -0.39 is 0 Å². The van der Waals surface area contributed by atoms with Crippen LogP contribution < -0.4 is 0 Å². The molecule has 3 heteroatoms. The molecule has 0 aliphatic rings. The van der Waals surface area contributed by atoms with E-state index in [2.05, 4.69) is 47.0 Å². The van der Waals surface area contributed by atoms with Crippen LogP contribution in [0.2, 0.25) is 0 Å². The van der Waals surface area contributed by atoms with Crippen molar-refractivity contribution in [2.24, 2.45) is 4.99 Å². The molecule has 1 aromatic heterocycles. The summed E-state index contributed by atoms with van der Waals surface area (Å²) in [6, 6.07) is 14.2. The second kappa shape index (κ2) is 4.69. The van der Waals surface area contributed by atoms with Crippen molar-refractivity contribution < 1.29 is 0 Å². The Hall–Kier alpha value is -2.42. The molecule has 0 saturated heterocycles. The minimum atomic E-state index is 0.778. The average molecular weight is 249 g/mol. The van der Waals surface area contributed by atoms with Gasteiger partial charge in [0.1, 0.15) is 5.82 Å². The van der Waals surface area contributed by atoms with Crippen LogP contribution in [-0.2, 0) is 0 Å². The van der Waals surface area contributed by atoms with E-state index in [1.54, 1.807) is 6.21 Å². The summed E-state index contributed by atoms with van der Waals surface area (Å²) < 4.78 is 0. The second-order valence-corrected chi connectivity index (χ2v) is 4.74. The molecule has 0 spiro atoms. The fourth-order valence-electron chi connectivity index (χ4n) is 2.19. The summed E-state index contributed by atoms with van der Waals surface area (Å²) in [5.74, 6) is 0.778. The van der Waals surface area contributed by atoms with Crippen LogP contribution in [0, 0.1) is 13.8 Å². The Morgan fingerprint density at radius 3 is 2.53 bits per heavy atom. The zero-order valence-corrected chi connectivity index (χ0v) is 11.0. The fourth-order valence-corrected chi connectivity index (χ4v) is 2.19. The third kappa shape index (κ3) is 2.55. The standard InChI is InChI=1S/C16H15N3/c1-11-7-12(2)9-13(8-11)17-10-16-18-14-5-3-4-6-15(14)19-16/h3-10H,1-2H3,(H,18,19)/b17-10+. The van der Waals surface area contributed by atoms with Crippen molar-refractivity contribution >= 4 is 22.9 Å². The van der Waals surface area contributed by atoms with Crippen LogP contribution in [0.1, 0.15) is 17.0 Å². The number of nitrogens with zero attached hydrogens (tertiary/aromatic N) is 2. The lowest BCUT2D eigenvalue weighted by Crippen LogP contribution is -1.83. The highest BCUT2D eigenvalue weighted by molar-refractivity contribution is 5.85. The van der Waals surface area contributed by atoms with E-state index in [-0.39, 0.29) is 0 Å². The van der Waals surface area contributed by atoms with E-state index in [1.165, 1.54) is 11.1 Å². The molecule has 0 amide bonds. The number of benzene rings is 2. The lowest BCUT2D eigenvalue weighted by atomic mass is 10.1. The molecule has 1 heterocycles. The zero-order chi connectivity index (χ0) is 13.2. The van der Waals surface area contributed by atoms with Crippen LogP contribution >= 0.6 is 0 Å². The number of aromatic amines is 1. The molecule has 0 aliphatic heterocycles. The number of aromatic nitrogens is 2. The fraction of sp³-hybridized carbons (Fsp3) is 0.125. The van der Waals surface area contributed by atoms with Crippen LogP contribution in [0.15, 0.2) is 47.5 Å². The van der Waals surface area contributed by atoms with E-state index in [0.29, 0.717) is 0 Å². The van der Waals surface area contributed by atoms with Gasteiger partial charge in [-0.1, -0.05) is 18.2 Å².